The Bertz CT molecular complexity index is 1310. The summed E-state index contributed by atoms with van der Waals surface area (Å²) in [5, 5.41) is 11.3. The van der Waals surface area contributed by atoms with Crippen molar-refractivity contribution in [3.63, 3.8) is 0 Å². The van der Waals surface area contributed by atoms with Crippen molar-refractivity contribution in [1.29, 1.82) is 0 Å². The molecule has 3 aromatic rings. The predicted molar refractivity (Wildman–Crippen MR) is 134 cm³/mol. The summed E-state index contributed by atoms with van der Waals surface area (Å²) < 4.78 is 11.2. The first-order chi connectivity index (χ1) is 16.3. The molecule has 1 atom stereocenters. The lowest BCUT2D eigenvalue weighted by Crippen LogP contribution is -2.30. The highest BCUT2D eigenvalue weighted by atomic mass is 79.9. The van der Waals surface area contributed by atoms with E-state index in [0.717, 1.165) is 11.1 Å². The fraction of sp³-hybridized carbons (Fsp3) is 0.185. The van der Waals surface area contributed by atoms with E-state index in [2.05, 4.69) is 15.9 Å². The van der Waals surface area contributed by atoms with Crippen molar-refractivity contribution in [2.45, 2.75) is 19.9 Å². The molecule has 1 unspecified atom stereocenters. The Morgan fingerprint density at radius 3 is 2.29 bits per heavy atom. The van der Waals surface area contributed by atoms with Crippen LogP contribution >= 0.6 is 15.9 Å². The van der Waals surface area contributed by atoms with Gasteiger partial charge in [0.1, 0.15) is 17.3 Å². The topological polar surface area (TPSA) is 76.1 Å². The number of aliphatic hydroxyl groups is 1. The molecule has 1 amide bonds. The average Bonchev–Trinajstić information content (AvgIpc) is 3.10. The van der Waals surface area contributed by atoms with Crippen LogP contribution in [0.2, 0.25) is 0 Å². The van der Waals surface area contributed by atoms with Gasteiger partial charge in [0.2, 0.25) is 0 Å². The Balaban J connectivity index is 1.96. The third kappa shape index (κ3) is 3.96. The summed E-state index contributed by atoms with van der Waals surface area (Å²) >= 11 is 3.42. The fourth-order valence-corrected chi connectivity index (χ4v) is 4.69. The number of amides is 1. The molecular weight excluding hydrogens is 498 g/mol. The molecule has 6 nitrogen and oxygen atoms in total. The Morgan fingerprint density at radius 2 is 1.68 bits per heavy atom. The second kappa shape index (κ2) is 9.35. The second-order valence-electron chi connectivity index (χ2n) is 8.01. The normalized spacial score (nSPS) is 17.2. The number of anilines is 1. The summed E-state index contributed by atoms with van der Waals surface area (Å²) in [4.78, 5) is 28.2. The van der Waals surface area contributed by atoms with Gasteiger partial charge in [-0.15, -0.1) is 0 Å². The predicted octanol–water partition coefficient (Wildman–Crippen LogP) is 5.71. The van der Waals surface area contributed by atoms with E-state index >= 15 is 0 Å². The number of ether oxygens (including phenoxy) is 2. The molecule has 4 rings (SSSR count). The van der Waals surface area contributed by atoms with Gasteiger partial charge in [-0.1, -0.05) is 24.3 Å². The van der Waals surface area contributed by atoms with Gasteiger partial charge >= 0.3 is 0 Å². The minimum atomic E-state index is -0.813. The number of ketones is 1. The van der Waals surface area contributed by atoms with Crippen molar-refractivity contribution in [2.24, 2.45) is 0 Å². The largest absolute Gasteiger partial charge is 0.507 e. The fourth-order valence-electron chi connectivity index (χ4n) is 4.15. The molecule has 0 aromatic heterocycles. The van der Waals surface area contributed by atoms with E-state index in [-0.39, 0.29) is 11.3 Å². The number of carbonyl (C=O) groups is 2. The van der Waals surface area contributed by atoms with Gasteiger partial charge in [0.05, 0.1) is 30.3 Å². The summed E-state index contributed by atoms with van der Waals surface area (Å²) in [5.74, 6) is -0.462. The molecule has 0 bridgehead atoms. The van der Waals surface area contributed by atoms with Crippen LogP contribution in [-0.2, 0) is 9.59 Å². The molecule has 1 N–H and O–H groups in total. The molecule has 3 aromatic carbocycles. The Hall–Kier alpha value is -3.58. The maximum atomic E-state index is 13.4. The van der Waals surface area contributed by atoms with Crippen molar-refractivity contribution in [2.75, 3.05) is 19.1 Å². The van der Waals surface area contributed by atoms with Crippen molar-refractivity contribution in [1.82, 2.24) is 0 Å². The molecule has 1 fully saturated rings. The lowest BCUT2D eigenvalue weighted by molar-refractivity contribution is -0.132. The van der Waals surface area contributed by atoms with Gasteiger partial charge in [-0.2, -0.15) is 0 Å². The molecule has 1 heterocycles. The average molecular weight is 522 g/mol. The SMILES string of the molecule is COc1ccc(C2/C(=C(\O)c3ccc(OC)c(Br)c3)C(=O)C(=O)N2c2cccc(C)c2C)cc1. The third-order valence-electron chi connectivity index (χ3n) is 6.14. The van der Waals surface area contributed by atoms with Gasteiger partial charge in [-0.05, 0) is 82.9 Å². The van der Waals surface area contributed by atoms with E-state index < -0.39 is 17.7 Å². The molecule has 0 radical (unpaired) electrons. The molecular formula is C27H24BrNO5. The van der Waals surface area contributed by atoms with Crippen molar-refractivity contribution in [3.05, 3.63) is 93.0 Å². The summed E-state index contributed by atoms with van der Waals surface area (Å²) in [6.45, 7) is 3.86. The van der Waals surface area contributed by atoms with Crippen molar-refractivity contribution < 1.29 is 24.2 Å². The highest BCUT2D eigenvalue weighted by Crippen LogP contribution is 2.44. The summed E-state index contributed by atoms with van der Waals surface area (Å²) in [6, 6.07) is 16.9. The minimum absolute atomic E-state index is 0.0214. The van der Waals surface area contributed by atoms with Crippen LogP contribution in [0.3, 0.4) is 0 Å². The number of rotatable bonds is 5. The Morgan fingerprint density at radius 1 is 0.971 bits per heavy atom. The van der Waals surface area contributed by atoms with E-state index in [1.165, 1.54) is 4.90 Å². The molecule has 174 valence electrons. The molecule has 1 aliphatic rings. The minimum Gasteiger partial charge on any atom is -0.507 e. The van der Waals surface area contributed by atoms with Crippen LogP contribution in [0.5, 0.6) is 11.5 Å². The maximum Gasteiger partial charge on any atom is 0.300 e. The van der Waals surface area contributed by atoms with Crippen LogP contribution in [0.4, 0.5) is 5.69 Å². The van der Waals surface area contributed by atoms with Crippen LogP contribution in [-0.4, -0.2) is 31.0 Å². The highest BCUT2D eigenvalue weighted by molar-refractivity contribution is 9.10. The first kappa shape index (κ1) is 23.6. The van der Waals surface area contributed by atoms with E-state index in [0.29, 0.717) is 32.8 Å². The van der Waals surface area contributed by atoms with Gasteiger partial charge in [0.25, 0.3) is 11.7 Å². The van der Waals surface area contributed by atoms with Crippen LogP contribution < -0.4 is 14.4 Å². The Kier molecular flexibility index (Phi) is 6.48. The summed E-state index contributed by atoms with van der Waals surface area (Å²) in [7, 11) is 3.11. The lowest BCUT2D eigenvalue weighted by atomic mass is 9.94. The molecule has 1 saturated heterocycles. The quantitative estimate of drug-likeness (QED) is 0.264. The molecule has 0 aliphatic carbocycles. The standard InChI is InChI=1S/C27H24BrNO5/c1-15-6-5-7-21(16(15)2)29-24(17-8-11-19(33-3)12-9-17)23(26(31)27(29)32)25(30)18-10-13-22(34-4)20(28)14-18/h5-14,24,30H,1-4H3/b25-23+. The summed E-state index contributed by atoms with van der Waals surface area (Å²) in [5.41, 5.74) is 3.59. The smallest absolute Gasteiger partial charge is 0.300 e. The first-order valence-corrected chi connectivity index (χ1v) is 11.4. The zero-order chi connectivity index (χ0) is 24.6. The van der Waals surface area contributed by atoms with Gasteiger partial charge in [0.15, 0.2) is 0 Å². The van der Waals surface area contributed by atoms with E-state index in [4.69, 9.17) is 9.47 Å². The zero-order valence-electron chi connectivity index (χ0n) is 19.3. The van der Waals surface area contributed by atoms with E-state index in [1.54, 1.807) is 56.7 Å². The van der Waals surface area contributed by atoms with Crippen LogP contribution in [0.15, 0.2) is 70.7 Å². The number of benzene rings is 3. The number of nitrogens with zero attached hydrogens (tertiary/aromatic N) is 1. The number of hydrogen-bond donors (Lipinski definition) is 1. The van der Waals surface area contributed by atoms with Crippen molar-refractivity contribution in [3.8, 4) is 11.5 Å². The molecule has 34 heavy (non-hydrogen) atoms. The number of carbonyl (C=O) groups excluding carboxylic acids is 2. The molecule has 0 spiro atoms. The number of Topliss-reactive ketones (excluding diaryl/α,β-unsaturated/α-hetero) is 1. The number of aliphatic hydroxyl groups excluding tert-OH is 1. The van der Waals surface area contributed by atoms with E-state index in [1.807, 2.05) is 32.0 Å². The number of methoxy groups -OCH3 is 2. The highest BCUT2D eigenvalue weighted by Gasteiger charge is 2.47. The number of aryl methyl sites for hydroxylation is 1. The molecule has 0 saturated carbocycles. The van der Waals surface area contributed by atoms with Gasteiger partial charge in [0, 0.05) is 11.3 Å². The lowest BCUT2D eigenvalue weighted by Gasteiger charge is -2.27. The number of halogens is 1. The first-order valence-electron chi connectivity index (χ1n) is 10.6. The second-order valence-corrected chi connectivity index (χ2v) is 8.86. The number of hydrogen-bond acceptors (Lipinski definition) is 5. The van der Waals surface area contributed by atoms with Crippen molar-refractivity contribution >= 4 is 39.1 Å². The zero-order valence-corrected chi connectivity index (χ0v) is 20.8. The van der Waals surface area contributed by atoms with Crippen LogP contribution in [0, 0.1) is 13.8 Å². The maximum absolute atomic E-state index is 13.4. The monoisotopic (exact) mass is 521 g/mol. The van der Waals surface area contributed by atoms with Gasteiger partial charge in [-0.3, -0.25) is 14.5 Å². The third-order valence-corrected chi connectivity index (χ3v) is 6.76. The molecule has 7 heteroatoms. The summed E-state index contributed by atoms with van der Waals surface area (Å²) in [6.07, 6.45) is 0. The van der Waals surface area contributed by atoms with Gasteiger partial charge < -0.3 is 14.6 Å². The molecule has 1 aliphatic heterocycles. The Labute approximate surface area is 206 Å². The van der Waals surface area contributed by atoms with E-state index in [9.17, 15) is 14.7 Å². The van der Waals surface area contributed by atoms with Gasteiger partial charge in [-0.25, -0.2) is 0 Å². The van der Waals surface area contributed by atoms with Crippen LogP contribution in [0.25, 0.3) is 5.76 Å². The van der Waals surface area contributed by atoms with Crippen LogP contribution in [0.1, 0.15) is 28.3 Å².